The van der Waals surface area contributed by atoms with Crippen LogP contribution in [0, 0.1) is 0 Å². The molecular weight excluding hydrogens is 430 g/mol. The summed E-state index contributed by atoms with van der Waals surface area (Å²) in [5, 5.41) is 0.497. The quantitative estimate of drug-likeness (QED) is 0.536. The van der Waals surface area contributed by atoms with Gasteiger partial charge in [0.2, 0.25) is 5.91 Å². The zero-order valence-corrected chi connectivity index (χ0v) is 18.0. The minimum absolute atomic E-state index is 0.108. The van der Waals surface area contributed by atoms with E-state index in [1.54, 1.807) is 74.1 Å². The standard InChI is InChI=1S/C24H20ClN3O4/c1-32-20-10-4-17(5-11-20)23(30)27(15-16-3-2-12-26-14-16)21-13-22(29)28(24(21)31)19-8-6-18(25)7-9-19/h2-12,14,21H,13,15H2,1H3. The number of carbonyl (C=O) groups is 3. The van der Waals surface area contributed by atoms with Crippen LogP contribution in [0.1, 0.15) is 22.3 Å². The van der Waals surface area contributed by atoms with Crippen LogP contribution in [0.3, 0.4) is 0 Å². The first-order chi connectivity index (χ1) is 15.5. The van der Waals surface area contributed by atoms with Gasteiger partial charge in [0.15, 0.2) is 0 Å². The summed E-state index contributed by atoms with van der Waals surface area (Å²) in [6, 6.07) is 15.7. The molecule has 8 heteroatoms. The molecule has 1 fully saturated rings. The Hall–Kier alpha value is -3.71. The van der Waals surface area contributed by atoms with Gasteiger partial charge in [-0.1, -0.05) is 17.7 Å². The van der Waals surface area contributed by atoms with Crippen molar-refractivity contribution >= 4 is 35.0 Å². The van der Waals surface area contributed by atoms with Gasteiger partial charge in [0.1, 0.15) is 11.8 Å². The van der Waals surface area contributed by atoms with Crippen LogP contribution in [0.25, 0.3) is 0 Å². The second-order valence-electron chi connectivity index (χ2n) is 7.29. The highest BCUT2D eigenvalue weighted by atomic mass is 35.5. The van der Waals surface area contributed by atoms with E-state index >= 15 is 0 Å². The average Bonchev–Trinajstić information content (AvgIpc) is 3.12. The van der Waals surface area contributed by atoms with E-state index in [0.717, 1.165) is 10.5 Å². The predicted molar refractivity (Wildman–Crippen MR) is 119 cm³/mol. The van der Waals surface area contributed by atoms with E-state index in [1.807, 2.05) is 6.07 Å². The van der Waals surface area contributed by atoms with Gasteiger partial charge >= 0.3 is 0 Å². The van der Waals surface area contributed by atoms with E-state index in [4.69, 9.17) is 16.3 Å². The van der Waals surface area contributed by atoms with E-state index in [-0.39, 0.29) is 24.8 Å². The lowest BCUT2D eigenvalue weighted by Gasteiger charge is -2.28. The van der Waals surface area contributed by atoms with Crippen molar-refractivity contribution in [2.45, 2.75) is 19.0 Å². The highest BCUT2D eigenvalue weighted by Gasteiger charge is 2.44. The molecule has 0 N–H and O–H groups in total. The number of nitrogens with zero attached hydrogens (tertiary/aromatic N) is 3. The molecule has 162 valence electrons. The van der Waals surface area contributed by atoms with Gasteiger partial charge in [0, 0.05) is 29.5 Å². The number of amides is 3. The van der Waals surface area contributed by atoms with Gasteiger partial charge in [0.25, 0.3) is 11.8 Å². The van der Waals surface area contributed by atoms with Gasteiger partial charge in [-0.3, -0.25) is 19.4 Å². The molecule has 1 unspecified atom stereocenters. The van der Waals surface area contributed by atoms with Gasteiger partial charge in [0.05, 0.1) is 19.2 Å². The van der Waals surface area contributed by atoms with Crippen molar-refractivity contribution in [3.63, 3.8) is 0 Å². The van der Waals surface area contributed by atoms with Crippen LogP contribution in [0.15, 0.2) is 73.1 Å². The van der Waals surface area contributed by atoms with E-state index in [0.29, 0.717) is 22.0 Å². The largest absolute Gasteiger partial charge is 0.497 e. The molecule has 4 rings (SSSR count). The molecule has 0 radical (unpaired) electrons. The zero-order valence-electron chi connectivity index (χ0n) is 17.3. The highest BCUT2D eigenvalue weighted by Crippen LogP contribution is 2.29. The number of hydrogen-bond donors (Lipinski definition) is 0. The number of hydrogen-bond acceptors (Lipinski definition) is 5. The minimum atomic E-state index is -0.937. The number of methoxy groups -OCH3 is 1. The van der Waals surface area contributed by atoms with E-state index < -0.39 is 11.9 Å². The Morgan fingerprint density at radius 2 is 1.84 bits per heavy atom. The number of rotatable bonds is 6. The lowest BCUT2D eigenvalue weighted by Crippen LogP contribution is -2.45. The Labute approximate surface area is 190 Å². The van der Waals surface area contributed by atoms with E-state index in [1.165, 1.54) is 4.90 Å². The van der Waals surface area contributed by atoms with Crippen molar-refractivity contribution in [2.75, 3.05) is 12.0 Å². The molecule has 1 aromatic heterocycles. The Morgan fingerprint density at radius 1 is 1.12 bits per heavy atom. The number of ether oxygens (including phenoxy) is 1. The fraction of sp³-hybridized carbons (Fsp3) is 0.167. The Balaban J connectivity index is 1.67. The molecule has 1 atom stereocenters. The van der Waals surface area contributed by atoms with Crippen LogP contribution in [0.2, 0.25) is 5.02 Å². The summed E-state index contributed by atoms with van der Waals surface area (Å²) in [7, 11) is 1.54. The van der Waals surface area contributed by atoms with Crippen LogP contribution < -0.4 is 9.64 Å². The lowest BCUT2D eigenvalue weighted by molar-refractivity contribution is -0.122. The first-order valence-corrected chi connectivity index (χ1v) is 10.3. The summed E-state index contributed by atoms with van der Waals surface area (Å²) < 4.78 is 5.16. The topological polar surface area (TPSA) is 79.8 Å². The summed E-state index contributed by atoms with van der Waals surface area (Å²) in [6.07, 6.45) is 3.15. The van der Waals surface area contributed by atoms with E-state index in [9.17, 15) is 14.4 Å². The lowest BCUT2D eigenvalue weighted by atomic mass is 10.1. The van der Waals surface area contributed by atoms with Gasteiger partial charge < -0.3 is 9.64 Å². The molecule has 1 saturated heterocycles. The Bertz CT molecular complexity index is 1130. The number of carbonyl (C=O) groups excluding carboxylic acids is 3. The molecule has 3 amide bonds. The van der Waals surface area contributed by atoms with Crippen molar-refractivity contribution in [3.8, 4) is 5.75 Å². The second-order valence-corrected chi connectivity index (χ2v) is 7.72. The van der Waals surface area contributed by atoms with Crippen molar-refractivity contribution in [1.82, 2.24) is 9.88 Å². The van der Waals surface area contributed by atoms with Crippen molar-refractivity contribution < 1.29 is 19.1 Å². The molecule has 2 aromatic carbocycles. The third-order valence-corrected chi connectivity index (χ3v) is 5.51. The summed E-state index contributed by atoms with van der Waals surface area (Å²) in [4.78, 5) is 46.2. The van der Waals surface area contributed by atoms with Crippen LogP contribution in [-0.2, 0) is 16.1 Å². The highest BCUT2D eigenvalue weighted by molar-refractivity contribution is 6.31. The number of imide groups is 1. The number of benzene rings is 2. The van der Waals surface area contributed by atoms with Crippen LogP contribution in [0.5, 0.6) is 5.75 Å². The predicted octanol–water partition coefficient (Wildman–Crippen LogP) is 3.72. The maximum absolute atomic E-state index is 13.4. The molecule has 7 nitrogen and oxygen atoms in total. The number of aromatic nitrogens is 1. The zero-order chi connectivity index (χ0) is 22.7. The van der Waals surface area contributed by atoms with Crippen LogP contribution in [0.4, 0.5) is 5.69 Å². The molecule has 0 saturated carbocycles. The number of pyridine rings is 1. The Kier molecular flexibility index (Phi) is 6.18. The van der Waals surface area contributed by atoms with Gasteiger partial charge in [-0.25, -0.2) is 4.90 Å². The number of halogens is 1. The molecule has 32 heavy (non-hydrogen) atoms. The molecule has 1 aliphatic heterocycles. The van der Waals surface area contributed by atoms with Crippen LogP contribution in [-0.4, -0.2) is 40.8 Å². The molecule has 3 aromatic rings. The third-order valence-electron chi connectivity index (χ3n) is 5.26. The van der Waals surface area contributed by atoms with Gasteiger partial charge in [-0.05, 0) is 60.2 Å². The van der Waals surface area contributed by atoms with Crippen LogP contribution >= 0.6 is 11.6 Å². The number of anilines is 1. The van der Waals surface area contributed by atoms with Crippen molar-refractivity contribution in [3.05, 3.63) is 89.2 Å². The SMILES string of the molecule is COc1ccc(C(=O)N(Cc2cccnc2)C2CC(=O)N(c3ccc(Cl)cc3)C2=O)cc1. The molecule has 0 aliphatic carbocycles. The summed E-state index contributed by atoms with van der Waals surface area (Å²) >= 11 is 5.94. The van der Waals surface area contributed by atoms with Gasteiger partial charge in [-0.15, -0.1) is 0 Å². The minimum Gasteiger partial charge on any atom is -0.497 e. The average molecular weight is 450 g/mol. The maximum Gasteiger partial charge on any atom is 0.257 e. The third kappa shape index (κ3) is 4.33. The summed E-state index contributed by atoms with van der Waals surface area (Å²) in [5.41, 5.74) is 1.56. The fourth-order valence-electron chi connectivity index (χ4n) is 3.63. The Morgan fingerprint density at radius 3 is 2.47 bits per heavy atom. The molecule has 1 aliphatic rings. The second kappa shape index (κ2) is 9.20. The van der Waals surface area contributed by atoms with Crippen molar-refractivity contribution in [2.24, 2.45) is 0 Å². The maximum atomic E-state index is 13.4. The monoisotopic (exact) mass is 449 g/mol. The summed E-state index contributed by atoms with van der Waals surface area (Å²) in [5.74, 6) is -0.578. The summed E-state index contributed by atoms with van der Waals surface area (Å²) in [6.45, 7) is 0.136. The fourth-order valence-corrected chi connectivity index (χ4v) is 3.76. The smallest absolute Gasteiger partial charge is 0.257 e. The molecule has 2 heterocycles. The molecular formula is C24H20ClN3O4. The first kappa shape index (κ1) is 21.5. The molecule has 0 spiro atoms. The molecule has 0 bridgehead atoms. The normalized spacial score (nSPS) is 15.7. The van der Waals surface area contributed by atoms with Crippen molar-refractivity contribution in [1.29, 1.82) is 0 Å². The van der Waals surface area contributed by atoms with E-state index in [2.05, 4.69) is 4.98 Å². The first-order valence-electron chi connectivity index (χ1n) is 9.94. The van der Waals surface area contributed by atoms with Gasteiger partial charge in [-0.2, -0.15) is 0 Å².